The number of hydrogen-bond donors (Lipinski definition) is 1. The fraction of sp³-hybridized carbons (Fsp3) is 0.562. The fourth-order valence-electron chi connectivity index (χ4n) is 3.08. The summed E-state index contributed by atoms with van der Waals surface area (Å²) in [6.07, 6.45) is 0.942. The lowest BCUT2D eigenvalue weighted by molar-refractivity contribution is -0.140. The largest absolute Gasteiger partial charge is 0.387 e. The minimum atomic E-state index is -0.608. The molecule has 0 spiro atoms. The van der Waals surface area contributed by atoms with E-state index >= 15 is 0 Å². The van der Waals surface area contributed by atoms with Gasteiger partial charge in [-0.2, -0.15) is 0 Å². The van der Waals surface area contributed by atoms with Crippen molar-refractivity contribution >= 4 is 11.6 Å². The van der Waals surface area contributed by atoms with Gasteiger partial charge in [-0.05, 0) is 24.0 Å². The van der Waals surface area contributed by atoms with Gasteiger partial charge in [-0.25, -0.2) is 0 Å². The van der Waals surface area contributed by atoms with E-state index in [1.165, 1.54) is 5.56 Å². The zero-order valence-corrected chi connectivity index (χ0v) is 12.2. The summed E-state index contributed by atoms with van der Waals surface area (Å²) in [4.78, 5) is 16.3. The molecule has 1 saturated heterocycles. The highest BCUT2D eigenvalue weighted by molar-refractivity contribution is 5.96. The third-order valence-electron chi connectivity index (χ3n) is 4.62. The molecule has 0 bridgehead atoms. The Kier molecular flexibility index (Phi) is 3.30. The second kappa shape index (κ2) is 4.86. The van der Waals surface area contributed by atoms with Crippen molar-refractivity contribution < 1.29 is 9.90 Å². The van der Waals surface area contributed by atoms with Crippen LogP contribution in [0.1, 0.15) is 19.4 Å². The summed E-state index contributed by atoms with van der Waals surface area (Å²) in [5, 5.41) is 10.2. The van der Waals surface area contributed by atoms with Gasteiger partial charge in [0.05, 0.1) is 12.1 Å². The Hall–Kier alpha value is -1.39. The molecule has 0 saturated carbocycles. The van der Waals surface area contributed by atoms with Crippen LogP contribution in [0.2, 0.25) is 0 Å². The molecule has 4 nitrogen and oxygen atoms in total. The molecule has 3 rings (SSSR count). The van der Waals surface area contributed by atoms with E-state index in [9.17, 15) is 9.90 Å². The standard InChI is InChI=1S/C16H22N2O2/c1-12(2)16(20)10-17(11-16)9-15(19)18-8-7-13-5-3-4-6-14(13)18/h3-6,12,20H,7-11H2,1-2H3. The molecule has 108 valence electrons. The third-order valence-corrected chi connectivity index (χ3v) is 4.62. The first-order chi connectivity index (χ1) is 9.49. The summed E-state index contributed by atoms with van der Waals surface area (Å²) >= 11 is 0. The summed E-state index contributed by atoms with van der Waals surface area (Å²) < 4.78 is 0. The summed E-state index contributed by atoms with van der Waals surface area (Å²) in [5.74, 6) is 0.377. The number of likely N-dealkylation sites (tertiary alicyclic amines) is 1. The van der Waals surface area contributed by atoms with Crippen LogP contribution < -0.4 is 4.90 Å². The highest BCUT2D eigenvalue weighted by atomic mass is 16.3. The van der Waals surface area contributed by atoms with E-state index < -0.39 is 5.60 Å². The van der Waals surface area contributed by atoms with Crippen LogP contribution in [0.15, 0.2) is 24.3 Å². The number of amides is 1. The summed E-state index contributed by atoms with van der Waals surface area (Å²) in [6.45, 7) is 6.44. The number of para-hydroxylation sites is 1. The van der Waals surface area contributed by atoms with Gasteiger partial charge in [0.2, 0.25) is 5.91 Å². The van der Waals surface area contributed by atoms with Crippen molar-refractivity contribution in [1.82, 2.24) is 4.90 Å². The second-order valence-corrected chi connectivity index (χ2v) is 6.33. The Bertz CT molecular complexity index is 521. The van der Waals surface area contributed by atoms with Gasteiger partial charge in [0.25, 0.3) is 0 Å². The minimum Gasteiger partial charge on any atom is -0.387 e. The molecule has 1 N–H and O–H groups in total. The summed E-state index contributed by atoms with van der Waals surface area (Å²) in [7, 11) is 0. The molecular weight excluding hydrogens is 252 g/mol. The van der Waals surface area contributed by atoms with E-state index in [1.807, 2.05) is 41.8 Å². The molecule has 1 fully saturated rings. The van der Waals surface area contributed by atoms with Gasteiger partial charge in [-0.3, -0.25) is 9.69 Å². The molecule has 4 heteroatoms. The number of hydrogen-bond acceptors (Lipinski definition) is 3. The van der Waals surface area contributed by atoms with Crippen LogP contribution in [0.5, 0.6) is 0 Å². The summed E-state index contributed by atoms with van der Waals surface area (Å²) in [6, 6.07) is 8.10. The van der Waals surface area contributed by atoms with Crippen LogP contribution in [0, 0.1) is 5.92 Å². The normalized spacial score (nSPS) is 20.9. The molecular formula is C16H22N2O2. The first kappa shape index (κ1) is 13.6. The Labute approximate surface area is 120 Å². The number of nitrogens with zero attached hydrogens (tertiary/aromatic N) is 2. The predicted molar refractivity (Wildman–Crippen MR) is 78.7 cm³/mol. The van der Waals surface area contributed by atoms with Crippen molar-refractivity contribution in [2.75, 3.05) is 31.1 Å². The van der Waals surface area contributed by atoms with Gasteiger partial charge in [0.15, 0.2) is 0 Å². The van der Waals surface area contributed by atoms with E-state index in [2.05, 4.69) is 6.07 Å². The molecule has 2 aliphatic rings. The predicted octanol–water partition coefficient (Wildman–Crippen LogP) is 1.28. The van der Waals surface area contributed by atoms with Crippen molar-refractivity contribution in [3.8, 4) is 0 Å². The summed E-state index contributed by atoms with van der Waals surface area (Å²) in [5.41, 5.74) is 1.70. The molecule has 1 aromatic carbocycles. The maximum atomic E-state index is 12.4. The molecule has 2 aliphatic heterocycles. The molecule has 20 heavy (non-hydrogen) atoms. The zero-order valence-electron chi connectivity index (χ0n) is 12.2. The van der Waals surface area contributed by atoms with Crippen LogP contribution in [0.25, 0.3) is 0 Å². The maximum Gasteiger partial charge on any atom is 0.241 e. The SMILES string of the molecule is CC(C)C1(O)CN(CC(=O)N2CCc3ccccc32)C1. The van der Waals surface area contributed by atoms with E-state index in [4.69, 9.17) is 0 Å². The quantitative estimate of drug-likeness (QED) is 0.903. The number of carbonyl (C=O) groups is 1. The monoisotopic (exact) mass is 274 g/mol. The fourth-order valence-corrected chi connectivity index (χ4v) is 3.08. The Balaban J connectivity index is 1.60. The van der Waals surface area contributed by atoms with Gasteiger partial charge in [0, 0.05) is 25.3 Å². The minimum absolute atomic E-state index is 0.140. The number of benzene rings is 1. The van der Waals surface area contributed by atoms with Crippen LogP contribution in [0.3, 0.4) is 0 Å². The van der Waals surface area contributed by atoms with E-state index in [-0.39, 0.29) is 11.8 Å². The smallest absolute Gasteiger partial charge is 0.241 e. The topological polar surface area (TPSA) is 43.8 Å². The average Bonchev–Trinajstić information content (AvgIpc) is 2.80. The Morgan fingerprint density at radius 1 is 1.35 bits per heavy atom. The lowest BCUT2D eigenvalue weighted by Gasteiger charge is -2.49. The molecule has 1 aromatic rings. The van der Waals surface area contributed by atoms with Crippen molar-refractivity contribution in [3.05, 3.63) is 29.8 Å². The number of rotatable bonds is 3. The van der Waals surface area contributed by atoms with Crippen LogP contribution in [-0.4, -0.2) is 47.7 Å². The molecule has 0 aromatic heterocycles. The molecule has 1 amide bonds. The number of fused-ring (bicyclic) bond motifs is 1. The highest BCUT2D eigenvalue weighted by Gasteiger charge is 2.44. The van der Waals surface area contributed by atoms with Crippen LogP contribution >= 0.6 is 0 Å². The van der Waals surface area contributed by atoms with Gasteiger partial charge in [-0.15, -0.1) is 0 Å². The lowest BCUT2D eigenvalue weighted by atomic mass is 9.83. The zero-order chi connectivity index (χ0) is 14.3. The molecule has 2 heterocycles. The van der Waals surface area contributed by atoms with Crippen molar-refractivity contribution in [2.24, 2.45) is 5.92 Å². The third kappa shape index (κ3) is 2.23. The van der Waals surface area contributed by atoms with Gasteiger partial charge >= 0.3 is 0 Å². The number of anilines is 1. The Morgan fingerprint density at radius 2 is 2.05 bits per heavy atom. The first-order valence-corrected chi connectivity index (χ1v) is 7.32. The van der Waals surface area contributed by atoms with Crippen molar-refractivity contribution in [2.45, 2.75) is 25.9 Å². The van der Waals surface area contributed by atoms with E-state index in [1.54, 1.807) is 0 Å². The van der Waals surface area contributed by atoms with Crippen molar-refractivity contribution in [1.29, 1.82) is 0 Å². The van der Waals surface area contributed by atoms with E-state index in [0.717, 1.165) is 18.7 Å². The molecule has 0 radical (unpaired) electrons. The number of β-amino-alcohol motifs (C(OH)–C–C–N with tert-alkyl or cyclic N) is 1. The lowest BCUT2D eigenvalue weighted by Crippen LogP contribution is -2.65. The van der Waals surface area contributed by atoms with Gasteiger partial charge in [0.1, 0.15) is 0 Å². The molecule has 0 atom stereocenters. The first-order valence-electron chi connectivity index (χ1n) is 7.32. The number of aliphatic hydroxyl groups is 1. The van der Waals surface area contributed by atoms with E-state index in [0.29, 0.717) is 19.6 Å². The van der Waals surface area contributed by atoms with Gasteiger partial charge < -0.3 is 10.0 Å². The van der Waals surface area contributed by atoms with Crippen molar-refractivity contribution in [3.63, 3.8) is 0 Å². The number of carbonyl (C=O) groups excluding carboxylic acids is 1. The highest BCUT2D eigenvalue weighted by Crippen LogP contribution is 2.30. The average molecular weight is 274 g/mol. The van der Waals surface area contributed by atoms with Crippen LogP contribution in [-0.2, 0) is 11.2 Å². The molecule has 0 aliphatic carbocycles. The second-order valence-electron chi connectivity index (χ2n) is 6.33. The van der Waals surface area contributed by atoms with Gasteiger partial charge in [-0.1, -0.05) is 32.0 Å². The maximum absolute atomic E-state index is 12.4. The Morgan fingerprint density at radius 3 is 2.75 bits per heavy atom. The van der Waals surface area contributed by atoms with Crippen LogP contribution in [0.4, 0.5) is 5.69 Å². The molecule has 0 unspecified atom stereocenters.